The number of para-hydroxylation sites is 1. The zero-order valence-corrected chi connectivity index (χ0v) is 19.9. The molecule has 1 aliphatic rings. The molecule has 1 fully saturated rings. The van der Waals surface area contributed by atoms with E-state index < -0.39 is 0 Å². The summed E-state index contributed by atoms with van der Waals surface area (Å²) in [6, 6.07) is 11.5. The van der Waals surface area contributed by atoms with E-state index in [-0.39, 0.29) is 17.0 Å². The molecule has 2 aromatic carbocycles. The fourth-order valence-corrected chi connectivity index (χ4v) is 2.28. The Morgan fingerprint density at radius 2 is 1.55 bits per heavy atom. The lowest BCUT2D eigenvalue weighted by atomic mass is 9.87. The molecule has 4 heteroatoms. The molecule has 172 valence electrons. The van der Waals surface area contributed by atoms with E-state index in [0.717, 1.165) is 11.5 Å². The maximum Gasteiger partial charge on any atom is 0.165 e. The Kier molecular flexibility index (Phi) is 11.3. The van der Waals surface area contributed by atoms with E-state index in [1.807, 2.05) is 0 Å². The molecule has 1 saturated carbocycles. The summed E-state index contributed by atoms with van der Waals surface area (Å²) in [6.07, 6.45) is 4.06. The van der Waals surface area contributed by atoms with Crippen molar-refractivity contribution in [2.24, 2.45) is 11.8 Å². The molecule has 0 amide bonds. The Hall–Kier alpha value is -2.36. The van der Waals surface area contributed by atoms with E-state index in [0.29, 0.717) is 30.6 Å². The van der Waals surface area contributed by atoms with Crippen molar-refractivity contribution in [2.45, 2.75) is 59.8 Å². The number of benzene rings is 2. The molecule has 0 unspecified atom stereocenters. The standard InChI is InChI=1S/C13H17FO.C10H11FO.C4H10/c1-5-8-15-12-9-10(13(2,3)4)6-7-11(12)14;11-9-3-1-2-4-10(9)12-7-8-5-6-8;1-4(2)3/h5-7,9H,1,8H2,2-4H3;1-4,8H,5-7H2;4H,1-3H3. The van der Waals surface area contributed by atoms with Crippen LogP contribution in [0.4, 0.5) is 8.78 Å². The van der Waals surface area contributed by atoms with Crippen molar-refractivity contribution < 1.29 is 18.3 Å². The summed E-state index contributed by atoms with van der Waals surface area (Å²) in [6.45, 7) is 17.3. The second kappa shape index (κ2) is 13.1. The fraction of sp³-hybridized carbons (Fsp3) is 0.481. The van der Waals surface area contributed by atoms with Crippen LogP contribution in [0, 0.1) is 23.5 Å². The third kappa shape index (κ3) is 11.6. The smallest absolute Gasteiger partial charge is 0.165 e. The normalized spacial score (nSPS) is 12.8. The SMILES string of the molecule is C=CCOc1cc(C(C)(C)C)ccc1F.CC(C)C.Fc1ccccc1OCC1CC1. The van der Waals surface area contributed by atoms with Crippen molar-refractivity contribution in [2.75, 3.05) is 13.2 Å². The van der Waals surface area contributed by atoms with E-state index in [9.17, 15) is 8.78 Å². The van der Waals surface area contributed by atoms with Gasteiger partial charge >= 0.3 is 0 Å². The van der Waals surface area contributed by atoms with E-state index >= 15 is 0 Å². The van der Waals surface area contributed by atoms with E-state index in [1.165, 1.54) is 25.0 Å². The summed E-state index contributed by atoms with van der Waals surface area (Å²) in [5.41, 5.74) is 1.06. The van der Waals surface area contributed by atoms with Gasteiger partial charge in [-0.05, 0) is 59.9 Å². The molecule has 2 aromatic rings. The van der Waals surface area contributed by atoms with E-state index in [4.69, 9.17) is 9.47 Å². The molecular weight excluding hydrogens is 394 g/mol. The zero-order valence-electron chi connectivity index (χ0n) is 19.9. The molecule has 1 aliphatic carbocycles. The van der Waals surface area contributed by atoms with Gasteiger partial charge < -0.3 is 9.47 Å². The van der Waals surface area contributed by atoms with Gasteiger partial charge in [0.2, 0.25) is 0 Å². The highest BCUT2D eigenvalue weighted by atomic mass is 19.1. The molecular formula is C27H38F2O2. The van der Waals surface area contributed by atoms with Crippen LogP contribution in [0.3, 0.4) is 0 Å². The lowest BCUT2D eigenvalue weighted by molar-refractivity contribution is 0.285. The lowest BCUT2D eigenvalue weighted by Gasteiger charge is -2.19. The molecule has 0 saturated heterocycles. The van der Waals surface area contributed by atoms with Crippen LogP contribution in [-0.2, 0) is 5.41 Å². The van der Waals surface area contributed by atoms with Crippen molar-refractivity contribution >= 4 is 0 Å². The Morgan fingerprint density at radius 3 is 2.06 bits per heavy atom. The van der Waals surface area contributed by atoms with Crippen LogP contribution in [0.15, 0.2) is 55.1 Å². The average molecular weight is 433 g/mol. The van der Waals surface area contributed by atoms with Crippen LogP contribution in [0.1, 0.15) is 59.9 Å². The topological polar surface area (TPSA) is 18.5 Å². The summed E-state index contributed by atoms with van der Waals surface area (Å²) >= 11 is 0. The highest BCUT2D eigenvalue weighted by molar-refractivity contribution is 5.34. The molecule has 0 spiro atoms. The second-order valence-corrected chi connectivity index (χ2v) is 9.41. The van der Waals surface area contributed by atoms with Gasteiger partial charge in [-0.3, -0.25) is 0 Å². The van der Waals surface area contributed by atoms with Crippen LogP contribution in [-0.4, -0.2) is 13.2 Å². The van der Waals surface area contributed by atoms with Crippen molar-refractivity contribution in [3.63, 3.8) is 0 Å². The maximum atomic E-state index is 13.3. The first kappa shape index (κ1) is 26.7. The number of hydrogen-bond acceptors (Lipinski definition) is 2. The van der Waals surface area contributed by atoms with Gasteiger partial charge in [0, 0.05) is 0 Å². The minimum absolute atomic E-state index is 0.0000110. The Morgan fingerprint density at radius 1 is 0.968 bits per heavy atom. The maximum absolute atomic E-state index is 13.3. The molecule has 0 heterocycles. The summed E-state index contributed by atoms with van der Waals surface area (Å²) < 4.78 is 36.8. The molecule has 0 bridgehead atoms. The molecule has 3 rings (SSSR count). The van der Waals surface area contributed by atoms with Gasteiger partial charge in [0.05, 0.1) is 6.61 Å². The van der Waals surface area contributed by atoms with Gasteiger partial charge in [0.25, 0.3) is 0 Å². The minimum Gasteiger partial charge on any atom is -0.490 e. The van der Waals surface area contributed by atoms with Crippen molar-refractivity contribution in [1.29, 1.82) is 0 Å². The highest BCUT2D eigenvalue weighted by Crippen LogP contribution is 2.30. The van der Waals surface area contributed by atoms with Crippen LogP contribution in [0.25, 0.3) is 0 Å². The zero-order chi connectivity index (χ0) is 23.4. The van der Waals surface area contributed by atoms with Gasteiger partial charge in [0.1, 0.15) is 6.61 Å². The Balaban J connectivity index is 0.000000269. The van der Waals surface area contributed by atoms with Crippen LogP contribution in [0.5, 0.6) is 11.5 Å². The lowest BCUT2D eigenvalue weighted by Crippen LogP contribution is -2.11. The third-order valence-electron chi connectivity index (χ3n) is 4.16. The second-order valence-electron chi connectivity index (χ2n) is 9.41. The fourth-order valence-electron chi connectivity index (χ4n) is 2.28. The molecule has 0 atom stereocenters. The molecule has 0 aromatic heterocycles. The van der Waals surface area contributed by atoms with E-state index in [2.05, 4.69) is 48.1 Å². The minimum atomic E-state index is -0.329. The molecule has 0 N–H and O–H groups in total. The number of rotatable bonds is 6. The Bertz CT molecular complexity index is 787. The van der Waals surface area contributed by atoms with Crippen LogP contribution >= 0.6 is 0 Å². The number of halogens is 2. The van der Waals surface area contributed by atoms with Crippen molar-refractivity contribution in [3.05, 3.63) is 72.3 Å². The van der Waals surface area contributed by atoms with Crippen LogP contribution < -0.4 is 9.47 Å². The summed E-state index contributed by atoms with van der Waals surface area (Å²) in [7, 11) is 0. The van der Waals surface area contributed by atoms with Gasteiger partial charge in [-0.1, -0.05) is 72.4 Å². The molecule has 31 heavy (non-hydrogen) atoms. The van der Waals surface area contributed by atoms with Gasteiger partial charge in [-0.2, -0.15) is 0 Å². The first-order valence-electron chi connectivity index (χ1n) is 11.0. The first-order valence-corrected chi connectivity index (χ1v) is 11.0. The monoisotopic (exact) mass is 432 g/mol. The van der Waals surface area contributed by atoms with E-state index in [1.54, 1.807) is 36.4 Å². The highest BCUT2D eigenvalue weighted by Gasteiger charge is 2.22. The molecule has 2 nitrogen and oxygen atoms in total. The third-order valence-corrected chi connectivity index (χ3v) is 4.16. The first-order chi connectivity index (χ1) is 14.5. The van der Waals surface area contributed by atoms with Crippen molar-refractivity contribution in [3.8, 4) is 11.5 Å². The predicted octanol–water partition coefficient (Wildman–Crippen LogP) is 7.96. The van der Waals surface area contributed by atoms with Gasteiger partial charge in [-0.15, -0.1) is 0 Å². The van der Waals surface area contributed by atoms with Gasteiger partial charge in [0.15, 0.2) is 23.1 Å². The molecule has 0 aliphatic heterocycles. The molecule has 0 radical (unpaired) electrons. The quantitative estimate of drug-likeness (QED) is 0.431. The largest absolute Gasteiger partial charge is 0.490 e. The number of ether oxygens (including phenoxy) is 2. The summed E-state index contributed by atoms with van der Waals surface area (Å²) in [5, 5.41) is 0. The summed E-state index contributed by atoms with van der Waals surface area (Å²) in [4.78, 5) is 0. The average Bonchev–Trinajstić information content (AvgIpc) is 3.50. The number of hydrogen-bond donors (Lipinski definition) is 0. The van der Waals surface area contributed by atoms with Crippen molar-refractivity contribution in [1.82, 2.24) is 0 Å². The van der Waals surface area contributed by atoms with Crippen LogP contribution in [0.2, 0.25) is 0 Å². The summed E-state index contributed by atoms with van der Waals surface area (Å²) in [5.74, 6) is 1.58. The Labute approximate surface area is 187 Å². The van der Waals surface area contributed by atoms with Gasteiger partial charge in [-0.25, -0.2) is 8.78 Å². The predicted molar refractivity (Wildman–Crippen MR) is 126 cm³/mol.